The molecular weight excluding hydrogens is 596 g/mol. The number of pyridine rings is 1. The molecule has 0 spiro atoms. The normalized spacial score (nSPS) is 19.4. The van der Waals surface area contributed by atoms with E-state index in [0.29, 0.717) is 22.9 Å². The number of carbonyl (C=O) groups excluding carboxylic acids is 1. The van der Waals surface area contributed by atoms with E-state index in [9.17, 15) is 15.1 Å². The summed E-state index contributed by atoms with van der Waals surface area (Å²) in [5.41, 5.74) is 6.38. The van der Waals surface area contributed by atoms with E-state index >= 15 is 0 Å². The van der Waals surface area contributed by atoms with Crippen LogP contribution in [-0.2, 0) is 22.6 Å². The van der Waals surface area contributed by atoms with Gasteiger partial charge >= 0.3 is 0 Å². The van der Waals surface area contributed by atoms with Gasteiger partial charge in [-0.15, -0.1) is 0 Å². The summed E-state index contributed by atoms with van der Waals surface area (Å²) in [7, 11) is 0. The summed E-state index contributed by atoms with van der Waals surface area (Å²) in [6.07, 6.45) is 0.412. The number of aliphatic hydroxyl groups excluding tert-OH is 1. The molecule has 1 aliphatic rings. The van der Waals surface area contributed by atoms with Crippen molar-refractivity contribution in [1.29, 1.82) is 0 Å². The summed E-state index contributed by atoms with van der Waals surface area (Å²) < 4.78 is 14.2. The molecule has 234 valence electrons. The lowest BCUT2D eigenvalue weighted by Crippen LogP contribution is -2.39. The van der Waals surface area contributed by atoms with Crippen molar-refractivity contribution in [3.8, 4) is 11.1 Å². The second kappa shape index (κ2) is 14.7. The molecule has 2 N–H and O–H groups in total. The lowest BCUT2D eigenvalue weighted by atomic mass is 9.91. The predicted octanol–water partition coefficient (Wildman–Crippen LogP) is 6.99. The molecule has 5 aromatic rings. The highest BCUT2D eigenvalue weighted by Crippen LogP contribution is 2.43. The van der Waals surface area contributed by atoms with Gasteiger partial charge in [-0.2, -0.15) is 4.73 Å². The fourth-order valence-corrected chi connectivity index (χ4v) is 6.68. The molecule has 4 aromatic carbocycles. The van der Waals surface area contributed by atoms with Crippen LogP contribution in [0.2, 0.25) is 0 Å². The van der Waals surface area contributed by atoms with E-state index in [1.807, 2.05) is 78.9 Å². The zero-order chi connectivity index (χ0) is 31.9. The van der Waals surface area contributed by atoms with Gasteiger partial charge < -0.3 is 25.1 Å². The molecule has 0 aliphatic carbocycles. The first-order valence-electron chi connectivity index (χ1n) is 15.3. The fourth-order valence-electron chi connectivity index (χ4n) is 5.60. The third kappa shape index (κ3) is 7.49. The number of nitrogens with one attached hydrogen (secondary N) is 1. The minimum atomic E-state index is -0.632. The van der Waals surface area contributed by atoms with Gasteiger partial charge in [-0.1, -0.05) is 97.5 Å². The van der Waals surface area contributed by atoms with Crippen molar-refractivity contribution in [1.82, 2.24) is 5.32 Å². The number of ether oxygens (including phenoxy) is 2. The molecule has 6 rings (SSSR count). The maximum atomic E-state index is 12.6. The van der Waals surface area contributed by atoms with Crippen LogP contribution >= 0.6 is 11.8 Å². The van der Waals surface area contributed by atoms with Gasteiger partial charge in [-0.05, 0) is 58.1 Å². The monoisotopic (exact) mass is 632 g/mol. The molecule has 1 amide bonds. The molecule has 46 heavy (non-hydrogen) atoms. The van der Waals surface area contributed by atoms with E-state index in [1.54, 1.807) is 18.2 Å². The largest absolute Gasteiger partial charge is 0.618 e. The van der Waals surface area contributed by atoms with Gasteiger partial charge in [0.05, 0.1) is 18.8 Å². The molecule has 2 heterocycles. The zero-order valence-electron chi connectivity index (χ0n) is 25.5. The Kier molecular flexibility index (Phi) is 10.1. The first-order valence-corrected chi connectivity index (χ1v) is 16.3. The number of aliphatic hydroxyl groups is 1. The summed E-state index contributed by atoms with van der Waals surface area (Å²) in [5, 5.41) is 25.5. The number of nitrogens with zero attached hydrogens (tertiary/aromatic N) is 1. The topological polar surface area (TPSA) is 94.7 Å². The molecule has 1 aromatic heterocycles. The van der Waals surface area contributed by atoms with E-state index in [-0.39, 0.29) is 30.6 Å². The van der Waals surface area contributed by atoms with Gasteiger partial charge in [0.25, 0.3) is 10.9 Å². The van der Waals surface area contributed by atoms with Gasteiger partial charge in [0.2, 0.25) is 0 Å². The maximum absolute atomic E-state index is 12.6. The van der Waals surface area contributed by atoms with Crippen molar-refractivity contribution < 1.29 is 24.1 Å². The molecule has 0 radical (unpaired) electrons. The Labute approximate surface area is 273 Å². The van der Waals surface area contributed by atoms with Gasteiger partial charge in [0.15, 0.2) is 12.5 Å². The van der Waals surface area contributed by atoms with Crippen LogP contribution < -0.4 is 10.0 Å². The Morgan fingerprint density at radius 3 is 2.33 bits per heavy atom. The highest BCUT2D eigenvalue weighted by Gasteiger charge is 2.38. The minimum absolute atomic E-state index is 0.00139. The quantitative estimate of drug-likeness (QED) is 0.0979. The van der Waals surface area contributed by atoms with Gasteiger partial charge in [-0.25, -0.2) is 0 Å². The number of thioether (sulfide) groups is 1. The highest BCUT2D eigenvalue weighted by molar-refractivity contribution is 7.99. The standard InChI is InChI=1S/C38H36N2O5S/c1-26-34(25-46-35-15-5-6-20-40(35)43)44-38(45-36(26)29-18-16-27(24-41)17-19-29)33-14-8-13-32(22-33)31-12-7-9-28(21-31)23-39-37(42)30-10-3-2-4-11-30/h2-22,26,34,36,38,41H,23-25H2,1H3,(H,39,42)/t26-,34+,36+,38+/m1/s1. The van der Waals surface area contributed by atoms with Crippen LogP contribution in [0, 0.1) is 11.1 Å². The predicted molar refractivity (Wildman–Crippen MR) is 179 cm³/mol. The molecule has 1 saturated heterocycles. The van der Waals surface area contributed by atoms with Gasteiger partial charge in [0, 0.05) is 41.5 Å². The Morgan fingerprint density at radius 1 is 0.826 bits per heavy atom. The van der Waals surface area contributed by atoms with Crippen LogP contribution in [0.1, 0.15) is 51.9 Å². The zero-order valence-corrected chi connectivity index (χ0v) is 26.3. The van der Waals surface area contributed by atoms with Crippen LogP contribution in [0.15, 0.2) is 133 Å². The van der Waals surface area contributed by atoms with E-state index < -0.39 is 6.29 Å². The van der Waals surface area contributed by atoms with E-state index in [4.69, 9.17) is 9.47 Å². The number of hydrogen-bond donors (Lipinski definition) is 2. The molecule has 7 nitrogen and oxygen atoms in total. The maximum Gasteiger partial charge on any atom is 0.251 e. The summed E-state index contributed by atoms with van der Waals surface area (Å²) in [6, 6.07) is 38.7. The van der Waals surface area contributed by atoms with Crippen molar-refractivity contribution in [3.63, 3.8) is 0 Å². The van der Waals surface area contributed by atoms with Crippen LogP contribution in [0.4, 0.5) is 0 Å². The van der Waals surface area contributed by atoms with Crippen LogP contribution in [0.5, 0.6) is 0 Å². The second-order valence-electron chi connectivity index (χ2n) is 11.4. The molecule has 1 fully saturated rings. The third-order valence-electron chi connectivity index (χ3n) is 8.22. The van der Waals surface area contributed by atoms with Crippen LogP contribution in [-0.4, -0.2) is 22.9 Å². The molecule has 0 saturated carbocycles. The van der Waals surface area contributed by atoms with Gasteiger partial charge in [-0.3, -0.25) is 4.79 Å². The van der Waals surface area contributed by atoms with Crippen molar-refractivity contribution in [3.05, 3.63) is 161 Å². The fraction of sp³-hybridized carbons (Fsp3) is 0.211. The Morgan fingerprint density at radius 2 is 1.57 bits per heavy atom. The lowest BCUT2D eigenvalue weighted by molar-refractivity contribution is -0.645. The second-order valence-corrected chi connectivity index (χ2v) is 12.4. The first-order chi connectivity index (χ1) is 22.5. The minimum Gasteiger partial charge on any atom is -0.618 e. The van der Waals surface area contributed by atoms with E-state index in [1.165, 1.54) is 18.0 Å². The average Bonchev–Trinajstić information content (AvgIpc) is 3.11. The van der Waals surface area contributed by atoms with Crippen LogP contribution in [0.3, 0.4) is 0 Å². The number of rotatable bonds is 10. The van der Waals surface area contributed by atoms with Crippen molar-refractivity contribution >= 4 is 17.7 Å². The number of carbonyl (C=O) groups is 1. The number of hydrogen-bond acceptors (Lipinski definition) is 6. The number of amides is 1. The van der Waals surface area contributed by atoms with Crippen molar-refractivity contribution in [2.24, 2.45) is 5.92 Å². The Balaban J connectivity index is 1.23. The van der Waals surface area contributed by atoms with Crippen LogP contribution in [0.25, 0.3) is 11.1 Å². The molecule has 8 heteroatoms. The van der Waals surface area contributed by atoms with Crippen molar-refractivity contribution in [2.75, 3.05) is 5.75 Å². The first kappa shape index (κ1) is 31.5. The Bertz CT molecular complexity index is 1770. The third-order valence-corrected chi connectivity index (χ3v) is 9.32. The summed E-state index contributed by atoms with van der Waals surface area (Å²) in [5.74, 6) is 0.465. The highest BCUT2D eigenvalue weighted by atomic mass is 32.2. The molecular formula is C38H36N2O5S. The van der Waals surface area contributed by atoms with Gasteiger partial charge in [0.1, 0.15) is 0 Å². The molecule has 1 aliphatic heterocycles. The molecule has 0 bridgehead atoms. The smallest absolute Gasteiger partial charge is 0.251 e. The summed E-state index contributed by atoms with van der Waals surface area (Å²) >= 11 is 1.47. The summed E-state index contributed by atoms with van der Waals surface area (Å²) in [4.78, 5) is 12.6. The van der Waals surface area contributed by atoms with Crippen molar-refractivity contribution in [2.45, 2.75) is 43.6 Å². The number of aromatic nitrogens is 1. The molecule has 4 atom stereocenters. The van der Waals surface area contributed by atoms with E-state index in [2.05, 4.69) is 36.5 Å². The number of benzene rings is 4. The van der Waals surface area contributed by atoms with E-state index in [0.717, 1.165) is 38.1 Å². The SMILES string of the molecule is C[C@@H]1[C@H](CSc2cccc[n+]2[O-])O[C@H](c2cccc(-c3cccc(CNC(=O)c4ccccc4)c3)c2)O[C@@H]1c1ccc(CO)cc1. The summed E-state index contributed by atoms with van der Waals surface area (Å²) in [6.45, 7) is 2.50. The Hall–Kier alpha value is -4.47. The average molecular weight is 633 g/mol. The molecule has 0 unspecified atom stereocenters. The lowest BCUT2D eigenvalue weighted by Gasteiger charge is -2.41.